The molecule has 92 valence electrons. The largest absolute Gasteiger partial charge is 0.469 e. The second-order valence-electron chi connectivity index (χ2n) is 4.47. The monoisotopic (exact) mass is 233 g/mol. The molecule has 1 aliphatic heterocycles. The van der Waals surface area contributed by atoms with E-state index in [0.29, 0.717) is 0 Å². The minimum Gasteiger partial charge on any atom is -0.469 e. The lowest BCUT2D eigenvalue weighted by atomic mass is 9.86. The highest BCUT2D eigenvalue weighted by atomic mass is 16.5. The third kappa shape index (κ3) is 2.86. The SMILES string of the molecule is COC(=O)[C@H](c1ccccc1)C1CCCCN1. The molecule has 0 aliphatic carbocycles. The summed E-state index contributed by atoms with van der Waals surface area (Å²) >= 11 is 0. The summed E-state index contributed by atoms with van der Waals surface area (Å²) in [6.07, 6.45) is 3.41. The van der Waals surface area contributed by atoms with Gasteiger partial charge in [0, 0.05) is 6.04 Å². The first-order valence-electron chi connectivity index (χ1n) is 6.19. The zero-order valence-corrected chi connectivity index (χ0v) is 10.2. The highest BCUT2D eigenvalue weighted by molar-refractivity contribution is 5.79. The van der Waals surface area contributed by atoms with E-state index >= 15 is 0 Å². The van der Waals surface area contributed by atoms with Crippen LogP contribution >= 0.6 is 0 Å². The summed E-state index contributed by atoms with van der Waals surface area (Å²) in [5, 5.41) is 3.43. The van der Waals surface area contributed by atoms with Crippen molar-refractivity contribution in [2.75, 3.05) is 13.7 Å². The van der Waals surface area contributed by atoms with E-state index in [4.69, 9.17) is 4.74 Å². The molecular formula is C14H19NO2. The first-order chi connectivity index (χ1) is 8.33. The Balaban J connectivity index is 2.21. The molecule has 3 heteroatoms. The maximum atomic E-state index is 11.9. The van der Waals surface area contributed by atoms with E-state index < -0.39 is 0 Å². The molecule has 1 aliphatic rings. The van der Waals surface area contributed by atoms with E-state index in [-0.39, 0.29) is 17.9 Å². The molecule has 1 aromatic carbocycles. The molecule has 1 saturated heterocycles. The molecule has 3 nitrogen and oxygen atoms in total. The minimum absolute atomic E-state index is 0.143. The number of rotatable bonds is 3. The van der Waals surface area contributed by atoms with Crippen molar-refractivity contribution in [3.8, 4) is 0 Å². The maximum absolute atomic E-state index is 11.9. The summed E-state index contributed by atoms with van der Waals surface area (Å²) in [7, 11) is 1.46. The van der Waals surface area contributed by atoms with E-state index in [1.54, 1.807) is 0 Å². The fraction of sp³-hybridized carbons (Fsp3) is 0.500. The third-order valence-corrected chi connectivity index (χ3v) is 3.36. The lowest BCUT2D eigenvalue weighted by Gasteiger charge is -2.29. The molecule has 0 saturated carbocycles. The zero-order chi connectivity index (χ0) is 12.1. The van der Waals surface area contributed by atoms with Gasteiger partial charge in [-0.3, -0.25) is 4.79 Å². The average molecular weight is 233 g/mol. The molecule has 1 fully saturated rings. The summed E-state index contributed by atoms with van der Waals surface area (Å²) in [6.45, 7) is 0.991. The van der Waals surface area contributed by atoms with Crippen LogP contribution in [0.5, 0.6) is 0 Å². The second kappa shape index (κ2) is 5.82. The minimum atomic E-state index is -0.179. The van der Waals surface area contributed by atoms with Crippen LogP contribution in [0.4, 0.5) is 0 Å². The number of carbonyl (C=O) groups is 1. The van der Waals surface area contributed by atoms with Gasteiger partial charge in [0.05, 0.1) is 13.0 Å². The number of esters is 1. The molecule has 17 heavy (non-hydrogen) atoms. The molecular weight excluding hydrogens is 214 g/mol. The van der Waals surface area contributed by atoms with Crippen molar-refractivity contribution in [1.82, 2.24) is 5.32 Å². The second-order valence-corrected chi connectivity index (χ2v) is 4.47. The first-order valence-corrected chi connectivity index (χ1v) is 6.19. The molecule has 0 spiro atoms. The molecule has 0 radical (unpaired) electrons. The van der Waals surface area contributed by atoms with Crippen LogP contribution in [0.3, 0.4) is 0 Å². The number of hydrogen-bond donors (Lipinski definition) is 1. The lowest BCUT2D eigenvalue weighted by molar-refractivity contribution is -0.143. The molecule has 1 N–H and O–H groups in total. The van der Waals surface area contributed by atoms with Gasteiger partial charge >= 0.3 is 5.97 Å². The van der Waals surface area contributed by atoms with Crippen LogP contribution in [0.25, 0.3) is 0 Å². The van der Waals surface area contributed by atoms with Gasteiger partial charge in [0.1, 0.15) is 0 Å². The predicted octanol–water partition coefficient (Wildman–Crippen LogP) is 2.09. The molecule has 0 bridgehead atoms. The molecule has 0 aromatic heterocycles. The zero-order valence-electron chi connectivity index (χ0n) is 10.2. The third-order valence-electron chi connectivity index (χ3n) is 3.36. The summed E-state index contributed by atoms with van der Waals surface area (Å²) in [5.41, 5.74) is 1.04. The Kier molecular flexibility index (Phi) is 4.15. The summed E-state index contributed by atoms with van der Waals surface area (Å²) in [5.74, 6) is -0.322. The van der Waals surface area contributed by atoms with Gasteiger partial charge in [0.2, 0.25) is 0 Å². The Morgan fingerprint density at radius 3 is 2.71 bits per heavy atom. The number of ether oxygens (including phenoxy) is 1. The van der Waals surface area contributed by atoms with Gasteiger partial charge in [-0.1, -0.05) is 36.8 Å². The van der Waals surface area contributed by atoms with Crippen molar-refractivity contribution in [2.45, 2.75) is 31.2 Å². The van der Waals surface area contributed by atoms with Crippen molar-refractivity contribution in [1.29, 1.82) is 0 Å². The van der Waals surface area contributed by atoms with Gasteiger partial charge < -0.3 is 10.1 Å². The molecule has 1 unspecified atom stereocenters. The van der Waals surface area contributed by atoms with Crippen molar-refractivity contribution < 1.29 is 9.53 Å². The molecule has 1 heterocycles. The van der Waals surface area contributed by atoms with Gasteiger partial charge in [0.15, 0.2) is 0 Å². The van der Waals surface area contributed by atoms with Gasteiger partial charge in [-0.15, -0.1) is 0 Å². The quantitative estimate of drug-likeness (QED) is 0.812. The number of piperidine rings is 1. The van der Waals surface area contributed by atoms with Crippen LogP contribution < -0.4 is 5.32 Å². The van der Waals surface area contributed by atoms with Crippen LogP contribution in [0.15, 0.2) is 30.3 Å². The van der Waals surface area contributed by atoms with Crippen LogP contribution in [-0.4, -0.2) is 25.7 Å². The summed E-state index contributed by atoms with van der Waals surface area (Å²) in [4.78, 5) is 11.9. The number of benzene rings is 1. The Labute approximate surface area is 102 Å². The predicted molar refractivity (Wildman–Crippen MR) is 66.8 cm³/mol. The van der Waals surface area contributed by atoms with Gasteiger partial charge in [-0.05, 0) is 24.9 Å². The van der Waals surface area contributed by atoms with Gasteiger partial charge in [-0.25, -0.2) is 0 Å². The first kappa shape index (κ1) is 12.1. The highest BCUT2D eigenvalue weighted by Crippen LogP contribution is 2.26. The van der Waals surface area contributed by atoms with Gasteiger partial charge in [-0.2, -0.15) is 0 Å². The van der Waals surface area contributed by atoms with Crippen molar-refractivity contribution >= 4 is 5.97 Å². The van der Waals surface area contributed by atoms with Crippen molar-refractivity contribution in [2.24, 2.45) is 0 Å². The van der Waals surface area contributed by atoms with Crippen molar-refractivity contribution in [3.05, 3.63) is 35.9 Å². The Morgan fingerprint density at radius 2 is 2.12 bits per heavy atom. The van der Waals surface area contributed by atoms with Crippen LogP contribution in [0.1, 0.15) is 30.7 Å². The fourth-order valence-electron chi connectivity index (χ4n) is 2.48. The van der Waals surface area contributed by atoms with Crippen LogP contribution in [0, 0.1) is 0 Å². The van der Waals surface area contributed by atoms with Crippen LogP contribution in [0.2, 0.25) is 0 Å². The standard InChI is InChI=1S/C14H19NO2/c1-17-14(16)13(11-7-3-2-4-8-11)12-9-5-6-10-15-12/h2-4,7-8,12-13,15H,5-6,9-10H2,1H3/t12?,13-/m1/s1. The topological polar surface area (TPSA) is 38.3 Å². The van der Waals surface area contributed by atoms with E-state index in [0.717, 1.165) is 18.5 Å². The van der Waals surface area contributed by atoms with Gasteiger partial charge in [0.25, 0.3) is 0 Å². The van der Waals surface area contributed by atoms with E-state index in [1.165, 1.54) is 20.0 Å². The molecule has 2 rings (SSSR count). The lowest BCUT2D eigenvalue weighted by Crippen LogP contribution is -2.42. The number of hydrogen-bond acceptors (Lipinski definition) is 3. The highest BCUT2D eigenvalue weighted by Gasteiger charge is 2.31. The average Bonchev–Trinajstić information content (AvgIpc) is 2.41. The number of nitrogens with one attached hydrogen (secondary N) is 1. The van der Waals surface area contributed by atoms with E-state index in [2.05, 4.69) is 5.32 Å². The summed E-state index contributed by atoms with van der Waals surface area (Å²) in [6, 6.07) is 10.1. The maximum Gasteiger partial charge on any atom is 0.314 e. The number of methoxy groups -OCH3 is 1. The molecule has 2 atom stereocenters. The normalized spacial score (nSPS) is 21.8. The number of carbonyl (C=O) groups excluding carboxylic acids is 1. The molecule has 0 amide bonds. The van der Waals surface area contributed by atoms with Crippen LogP contribution in [-0.2, 0) is 9.53 Å². The fourth-order valence-corrected chi connectivity index (χ4v) is 2.48. The van der Waals surface area contributed by atoms with E-state index in [9.17, 15) is 4.79 Å². The van der Waals surface area contributed by atoms with Crippen molar-refractivity contribution in [3.63, 3.8) is 0 Å². The summed E-state index contributed by atoms with van der Waals surface area (Å²) < 4.78 is 4.94. The Hall–Kier alpha value is -1.35. The van der Waals surface area contributed by atoms with E-state index in [1.807, 2.05) is 30.3 Å². The molecule has 1 aromatic rings. The Bertz CT molecular complexity index is 358. The smallest absolute Gasteiger partial charge is 0.314 e. The Morgan fingerprint density at radius 1 is 1.35 bits per heavy atom.